The first-order valence-electron chi connectivity index (χ1n) is 10.0. The van der Waals surface area contributed by atoms with Gasteiger partial charge in [-0.15, -0.1) is 0 Å². The summed E-state index contributed by atoms with van der Waals surface area (Å²) >= 11 is 0. The number of imidazole rings is 1. The number of benzene rings is 2. The van der Waals surface area contributed by atoms with Crippen LogP contribution in [0.4, 0.5) is 5.69 Å². The third-order valence-electron chi connectivity index (χ3n) is 5.04. The number of aromatic amines is 1. The molecule has 1 aliphatic heterocycles. The fourth-order valence-electron chi connectivity index (χ4n) is 3.50. The van der Waals surface area contributed by atoms with Crippen LogP contribution in [0.25, 0.3) is 17.1 Å². The molecular formula is C22H24N4O3S. The van der Waals surface area contributed by atoms with Gasteiger partial charge in [-0.05, 0) is 48.7 Å². The van der Waals surface area contributed by atoms with Gasteiger partial charge in [0.1, 0.15) is 5.82 Å². The Morgan fingerprint density at radius 2 is 1.97 bits per heavy atom. The van der Waals surface area contributed by atoms with Crippen LogP contribution in [0.5, 0.6) is 0 Å². The largest absolute Gasteiger partial charge is 0.353 e. The van der Waals surface area contributed by atoms with E-state index in [-0.39, 0.29) is 11.7 Å². The van der Waals surface area contributed by atoms with Gasteiger partial charge in [0.2, 0.25) is 15.9 Å². The molecule has 0 aliphatic carbocycles. The van der Waals surface area contributed by atoms with Gasteiger partial charge in [0.25, 0.3) is 0 Å². The maximum atomic E-state index is 12.0. The van der Waals surface area contributed by atoms with Crippen molar-refractivity contribution in [1.82, 2.24) is 15.3 Å². The first kappa shape index (κ1) is 20.2. The summed E-state index contributed by atoms with van der Waals surface area (Å²) in [6, 6.07) is 15.1. The van der Waals surface area contributed by atoms with Gasteiger partial charge in [-0.2, -0.15) is 0 Å². The molecule has 2 N–H and O–H groups in total. The second-order valence-electron chi connectivity index (χ2n) is 7.26. The molecule has 0 radical (unpaired) electrons. The third kappa shape index (κ3) is 4.71. The molecule has 156 valence electrons. The standard InChI is InChI=1S/C22H24N4O3S/c27-22(23-14-3-7-21-24-19-5-1-2-6-20(19)25-21)13-10-17-8-11-18(12-9-17)26-15-4-16-30(26,28)29/h1-2,5-6,8-13H,3-4,7,14-16H2,(H,23,27)(H,24,25)/b13-10+. The summed E-state index contributed by atoms with van der Waals surface area (Å²) in [5, 5.41) is 2.87. The number of hydrogen-bond donors (Lipinski definition) is 2. The van der Waals surface area contributed by atoms with E-state index in [1.54, 1.807) is 18.2 Å². The summed E-state index contributed by atoms with van der Waals surface area (Å²) in [6.45, 7) is 1.08. The first-order chi connectivity index (χ1) is 14.5. The number of rotatable bonds is 7. The smallest absolute Gasteiger partial charge is 0.243 e. The highest BCUT2D eigenvalue weighted by Gasteiger charge is 2.28. The number of anilines is 1. The second kappa shape index (κ2) is 8.71. The number of hydrogen-bond acceptors (Lipinski definition) is 4. The fraction of sp³-hybridized carbons (Fsp3) is 0.273. The average Bonchev–Trinajstić information content (AvgIpc) is 3.32. The molecule has 1 saturated heterocycles. The predicted molar refractivity (Wildman–Crippen MR) is 119 cm³/mol. The van der Waals surface area contributed by atoms with Crippen LogP contribution in [0.15, 0.2) is 54.6 Å². The molecule has 7 nitrogen and oxygen atoms in total. The number of carbonyl (C=O) groups is 1. The van der Waals surface area contributed by atoms with Crippen LogP contribution >= 0.6 is 0 Å². The summed E-state index contributed by atoms with van der Waals surface area (Å²) in [6.07, 6.45) is 5.41. The maximum absolute atomic E-state index is 12.0. The number of nitrogens with one attached hydrogen (secondary N) is 2. The Kier molecular flexibility index (Phi) is 5.85. The number of aryl methyl sites for hydroxylation is 1. The Labute approximate surface area is 175 Å². The highest BCUT2D eigenvalue weighted by molar-refractivity contribution is 7.93. The molecule has 1 aliphatic rings. The Balaban J connectivity index is 1.23. The summed E-state index contributed by atoms with van der Waals surface area (Å²) < 4.78 is 25.4. The van der Waals surface area contributed by atoms with Crippen LogP contribution in [-0.4, -0.2) is 43.1 Å². The number of aromatic nitrogens is 2. The number of carbonyl (C=O) groups excluding carboxylic acids is 1. The van der Waals surface area contributed by atoms with Gasteiger partial charge < -0.3 is 10.3 Å². The number of H-pyrrole nitrogens is 1. The summed E-state index contributed by atoms with van der Waals surface area (Å²) in [5.74, 6) is 0.956. The van der Waals surface area contributed by atoms with Gasteiger partial charge in [-0.25, -0.2) is 13.4 Å². The molecule has 2 heterocycles. The van der Waals surface area contributed by atoms with Crippen molar-refractivity contribution in [3.8, 4) is 0 Å². The normalized spacial score (nSPS) is 15.8. The van der Waals surface area contributed by atoms with Crippen LogP contribution in [0, 0.1) is 0 Å². The predicted octanol–water partition coefficient (Wildman–Crippen LogP) is 2.87. The number of sulfonamides is 1. The van der Waals surface area contributed by atoms with Gasteiger partial charge in [0.15, 0.2) is 0 Å². The van der Waals surface area contributed by atoms with E-state index in [9.17, 15) is 13.2 Å². The molecule has 4 rings (SSSR count). The van der Waals surface area contributed by atoms with E-state index in [1.807, 2.05) is 36.4 Å². The molecule has 1 amide bonds. The molecule has 8 heteroatoms. The van der Waals surface area contributed by atoms with Gasteiger partial charge in [0.05, 0.1) is 22.5 Å². The maximum Gasteiger partial charge on any atom is 0.243 e. The molecule has 0 spiro atoms. The molecule has 0 bridgehead atoms. The van der Waals surface area contributed by atoms with E-state index in [2.05, 4.69) is 15.3 Å². The molecule has 3 aromatic rings. The molecule has 0 unspecified atom stereocenters. The van der Waals surface area contributed by atoms with Crippen LogP contribution < -0.4 is 9.62 Å². The third-order valence-corrected chi connectivity index (χ3v) is 6.91. The zero-order valence-corrected chi connectivity index (χ0v) is 17.4. The van der Waals surface area contributed by atoms with Crippen molar-refractivity contribution in [3.63, 3.8) is 0 Å². The Morgan fingerprint density at radius 3 is 2.70 bits per heavy atom. The Morgan fingerprint density at radius 1 is 1.17 bits per heavy atom. The lowest BCUT2D eigenvalue weighted by molar-refractivity contribution is -0.116. The van der Waals surface area contributed by atoms with Gasteiger partial charge in [-0.3, -0.25) is 9.10 Å². The lowest BCUT2D eigenvalue weighted by atomic mass is 10.2. The van der Waals surface area contributed by atoms with E-state index >= 15 is 0 Å². The van der Waals surface area contributed by atoms with Crippen molar-refractivity contribution in [2.45, 2.75) is 19.3 Å². The molecule has 0 atom stereocenters. The monoisotopic (exact) mass is 424 g/mol. The van der Waals surface area contributed by atoms with Crippen LogP contribution in [0.2, 0.25) is 0 Å². The van der Waals surface area contributed by atoms with Crippen molar-refractivity contribution in [2.24, 2.45) is 0 Å². The number of amides is 1. The number of nitrogens with zero attached hydrogens (tertiary/aromatic N) is 2. The Hall–Kier alpha value is -3.13. The van der Waals surface area contributed by atoms with E-state index in [4.69, 9.17) is 0 Å². The molecular weight excluding hydrogens is 400 g/mol. The lowest BCUT2D eigenvalue weighted by Gasteiger charge is -2.16. The van der Waals surface area contributed by atoms with Crippen molar-refractivity contribution in [3.05, 3.63) is 66.0 Å². The average molecular weight is 425 g/mol. The van der Waals surface area contributed by atoms with E-state index in [1.165, 1.54) is 10.4 Å². The van der Waals surface area contributed by atoms with Crippen molar-refractivity contribution >= 4 is 38.7 Å². The molecule has 30 heavy (non-hydrogen) atoms. The van der Waals surface area contributed by atoms with Gasteiger partial charge in [-0.1, -0.05) is 24.3 Å². The van der Waals surface area contributed by atoms with Gasteiger partial charge >= 0.3 is 0 Å². The van der Waals surface area contributed by atoms with Crippen molar-refractivity contribution < 1.29 is 13.2 Å². The van der Waals surface area contributed by atoms with Gasteiger partial charge in [0, 0.05) is 25.6 Å². The topological polar surface area (TPSA) is 95.2 Å². The summed E-state index contributed by atoms with van der Waals surface area (Å²) in [5.41, 5.74) is 3.48. The first-order valence-corrected chi connectivity index (χ1v) is 11.6. The van der Waals surface area contributed by atoms with Crippen LogP contribution in [0.3, 0.4) is 0 Å². The highest BCUT2D eigenvalue weighted by Crippen LogP contribution is 2.24. The number of para-hydroxylation sites is 2. The second-order valence-corrected chi connectivity index (χ2v) is 9.27. The summed E-state index contributed by atoms with van der Waals surface area (Å²) in [4.78, 5) is 19.8. The molecule has 2 aromatic carbocycles. The Bertz CT molecular complexity index is 1130. The zero-order chi connectivity index (χ0) is 21.0. The lowest BCUT2D eigenvalue weighted by Crippen LogP contribution is -2.24. The molecule has 1 aromatic heterocycles. The number of fused-ring (bicyclic) bond motifs is 1. The van der Waals surface area contributed by atoms with E-state index < -0.39 is 10.0 Å². The van der Waals surface area contributed by atoms with Crippen molar-refractivity contribution in [2.75, 3.05) is 23.1 Å². The minimum absolute atomic E-state index is 0.161. The van der Waals surface area contributed by atoms with Crippen molar-refractivity contribution in [1.29, 1.82) is 0 Å². The van der Waals surface area contributed by atoms with Crippen LogP contribution in [-0.2, 0) is 21.2 Å². The summed E-state index contributed by atoms with van der Waals surface area (Å²) in [7, 11) is -3.17. The van der Waals surface area contributed by atoms with Crippen LogP contribution in [0.1, 0.15) is 24.2 Å². The minimum atomic E-state index is -3.17. The van der Waals surface area contributed by atoms with E-state index in [0.29, 0.717) is 25.2 Å². The molecule has 0 saturated carbocycles. The SMILES string of the molecule is O=C(/C=C/c1ccc(N2CCCS2(=O)=O)cc1)NCCCc1nc2ccccc2[nH]1. The minimum Gasteiger partial charge on any atom is -0.353 e. The highest BCUT2D eigenvalue weighted by atomic mass is 32.2. The van der Waals surface area contributed by atoms with E-state index in [0.717, 1.165) is 35.3 Å². The quantitative estimate of drug-likeness (QED) is 0.450. The molecule has 1 fully saturated rings. The fourth-order valence-corrected chi connectivity index (χ4v) is 5.07. The zero-order valence-electron chi connectivity index (χ0n) is 16.5.